The van der Waals surface area contributed by atoms with Crippen LogP contribution in [0.1, 0.15) is 57.3 Å². The molecule has 3 aromatic heterocycles. The highest BCUT2D eigenvalue weighted by Gasteiger charge is 2.17. The van der Waals surface area contributed by atoms with Gasteiger partial charge < -0.3 is 4.57 Å². The number of anilines is 1. The van der Waals surface area contributed by atoms with Crippen molar-refractivity contribution in [3.05, 3.63) is 43.1 Å². The van der Waals surface area contributed by atoms with Crippen LogP contribution in [0.25, 0.3) is 0 Å². The van der Waals surface area contributed by atoms with Crippen LogP contribution in [0.3, 0.4) is 0 Å². The van der Waals surface area contributed by atoms with E-state index >= 15 is 0 Å². The first-order chi connectivity index (χ1) is 13.1. The third kappa shape index (κ3) is 4.20. The summed E-state index contributed by atoms with van der Waals surface area (Å²) in [6, 6.07) is 2.07. The van der Waals surface area contributed by atoms with Crippen LogP contribution < -0.4 is 5.32 Å². The van der Waals surface area contributed by atoms with Crippen LogP contribution >= 0.6 is 34.9 Å². The first-order valence-electron chi connectivity index (χ1n) is 9.08. The highest BCUT2D eigenvalue weighted by Crippen LogP contribution is 2.29. The van der Waals surface area contributed by atoms with Crippen LogP contribution in [0.5, 0.6) is 0 Å². The fourth-order valence-electron chi connectivity index (χ4n) is 3.26. The zero-order valence-electron chi connectivity index (χ0n) is 15.1. The van der Waals surface area contributed by atoms with E-state index in [4.69, 9.17) is 12.2 Å². The molecular formula is C18H21N5OS3. The van der Waals surface area contributed by atoms with Crippen molar-refractivity contribution in [2.45, 2.75) is 44.9 Å². The second kappa shape index (κ2) is 8.04. The molecule has 3 aromatic rings. The number of nitrogens with one attached hydrogen (secondary N) is 2. The maximum atomic E-state index is 12.7. The van der Waals surface area contributed by atoms with Gasteiger partial charge in [-0.3, -0.25) is 15.2 Å². The average molecular weight is 420 g/mol. The molecule has 6 nitrogen and oxygen atoms in total. The number of thiophene rings is 1. The minimum Gasteiger partial charge on any atom is -0.307 e. The van der Waals surface area contributed by atoms with Crippen LogP contribution in [0, 0.1) is 4.77 Å². The summed E-state index contributed by atoms with van der Waals surface area (Å²) < 4.78 is 2.41. The maximum absolute atomic E-state index is 12.7. The third-order valence-corrected chi connectivity index (χ3v) is 7.21. The lowest BCUT2D eigenvalue weighted by molar-refractivity contribution is 0.103. The van der Waals surface area contributed by atoms with Gasteiger partial charge in [-0.15, -0.1) is 22.7 Å². The summed E-state index contributed by atoms with van der Waals surface area (Å²) in [4.78, 5) is 19.3. The Morgan fingerprint density at radius 3 is 2.93 bits per heavy atom. The fraction of sp³-hybridized carbons (Fsp3) is 0.444. The predicted molar refractivity (Wildman–Crippen MR) is 111 cm³/mol. The van der Waals surface area contributed by atoms with E-state index in [0.29, 0.717) is 16.3 Å². The second-order valence-electron chi connectivity index (χ2n) is 6.75. The van der Waals surface area contributed by atoms with Crippen LogP contribution in [-0.4, -0.2) is 25.7 Å². The van der Waals surface area contributed by atoms with Crippen molar-refractivity contribution in [3.8, 4) is 0 Å². The number of hydrogen-bond donors (Lipinski definition) is 2. The topological polar surface area (TPSA) is 75.6 Å². The standard InChI is InChI=1S/C18H21N5OS3/c1-23-15(21-22-18(23)25)9-12-10-26-17(19-12)20-16(24)14-8-11-6-4-2-3-5-7-13(11)27-14/h8,10H,2-7,9H2,1H3,(H,22,25)(H,19,20,24). The largest absolute Gasteiger partial charge is 0.307 e. The number of aryl methyl sites for hydroxylation is 2. The molecule has 1 amide bonds. The maximum Gasteiger partial charge on any atom is 0.267 e. The fourth-order valence-corrected chi connectivity index (χ4v) is 5.27. The second-order valence-corrected chi connectivity index (χ2v) is 9.13. The van der Waals surface area contributed by atoms with E-state index in [1.165, 1.54) is 47.5 Å². The molecule has 0 saturated carbocycles. The van der Waals surface area contributed by atoms with E-state index in [1.807, 2.05) is 17.0 Å². The number of aromatic nitrogens is 4. The Kier molecular flexibility index (Phi) is 5.51. The number of rotatable bonds is 4. The molecule has 3 heterocycles. The number of H-pyrrole nitrogens is 1. The molecule has 0 aromatic carbocycles. The molecule has 27 heavy (non-hydrogen) atoms. The molecule has 4 rings (SSSR count). The number of carbonyl (C=O) groups is 1. The Bertz CT molecular complexity index is 987. The number of hydrogen-bond acceptors (Lipinski definition) is 6. The molecule has 0 spiro atoms. The Balaban J connectivity index is 1.44. The lowest BCUT2D eigenvalue weighted by Crippen LogP contribution is -2.10. The number of nitrogens with zero attached hydrogens (tertiary/aromatic N) is 3. The van der Waals surface area contributed by atoms with Gasteiger partial charge in [0, 0.05) is 17.3 Å². The van der Waals surface area contributed by atoms with Crippen LogP contribution in [0.4, 0.5) is 5.13 Å². The minimum absolute atomic E-state index is 0.0641. The Hall–Kier alpha value is -1.84. The lowest BCUT2D eigenvalue weighted by atomic mass is 10.00. The highest BCUT2D eigenvalue weighted by molar-refractivity contribution is 7.71. The van der Waals surface area contributed by atoms with E-state index in [-0.39, 0.29) is 5.91 Å². The van der Waals surface area contributed by atoms with Crippen molar-refractivity contribution in [3.63, 3.8) is 0 Å². The molecule has 1 aliphatic rings. The smallest absolute Gasteiger partial charge is 0.267 e. The van der Waals surface area contributed by atoms with Crippen molar-refractivity contribution in [1.29, 1.82) is 0 Å². The van der Waals surface area contributed by atoms with Gasteiger partial charge in [0.25, 0.3) is 5.91 Å². The lowest BCUT2D eigenvalue weighted by Gasteiger charge is -2.07. The summed E-state index contributed by atoms with van der Waals surface area (Å²) in [5.41, 5.74) is 2.22. The Labute approximate surface area is 170 Å². The SMILES string of the molecule is Cn1c(Cc2csc(NC(=O)c3cc4c(s3)CCCCCC4)n2)n[nH]c1=S. The number of aromatic amines is 1. The highest BCUT2D eigenvalue weighted by atomic mass is 32.1. The summed E-state index contributed by atoms with van der Waals surface area (Å²) in [5.74, 6) is 0.757. The van der Waals surface area contributed by atoms with E-state index < -0.39 is 0 Å². The van der Waals surface area contributed by atoms with Gasteiger partial charge in [0.05, 0.1) is 17.0 Å². The zero-order chi connectivity index (χ0) is 18.8. The monoisotopic (exact) mass is 419 g/mol. The zero-order valence-corrected chi connectivity index (χ0v) is 17.5. The summed E-state index contributed by atoms with van der Waals surface area (Å²) in [6.45, 7) is 0. The van der Waals surface area contributed by atoms with Crippen LogP contribution in [0.2, 0.25) is 0 Å². The van der Waals surface area contributed by atoms with Crippen LogP contribution in [0.15, 0.2) is 11.4 Å². The number of carbonyl (C=O) groups excluding carboxylic acids is 1. The first kappa shape index (κ1) is 18.5. The minimum atomic E-state index is -0.0641. The van der Waals surface area contributed by atoms with Crippen molar-refractivity contribution in [2.75, 3.05) is 5.32 Å². The summed E-state index contributed by atoms with van der Waals surface area (Å²) in [5, 5.41) is 12.5. The van der Waals surface area contributed by atoms with Crippen molar-refractivity contribution < 1.29 is 4.79 Å². The Morgan fingerprint density at radius 2 is 2.15 bits per heavy atom. The molecular weight excluding hydrogens is 398 g/mol. The first-order valence-corrected chi connectivity index (χ1v) is 11.2. The molecule has 1 aliphatic carbocycles. The van der Waals surface area contributed by atoms with Crippen molar-refractivity contribution in [1.82, 2.24) is 19.7 Å². The van der Waals surface area contributed by atoms with E-state index in [1.54, 1.807) is 11.3 Å². The van der Waals surface area contributed by atoms with Gasteiger partial charge in [-0.1, -0.05) is 12.8 Å². The van der Waals surface area contributed by atoms with Gasteiger partial charge in [0.15, 0.2) is 9.90 Å². The summed E-state index contributed by atoms with van der Waals surface area (Å²) in [6.07, 6.45) is 7.79. The molecule has 0 atom stereocenters. The molecule has 142 valence electrons. The van der Waals surface area contributed by atoms with Crippen LogP contribution in [-0.2, 0) is 26.3 Å². The molecule has 0 bridgehead atoms. The molecule has 0 unspecified atom stereocenters. The average Bonchev–Trinajstić information content (AvgIpc) is 3.31. The molecule has 0 fully saturated rings. The predicted octanol–water partition coefficient (Wildman–Crippen LogP) is 4.50. The van der Waals surface area contributed by atoms with Gasteiger partial charge in [-0.05, 0) is 49.5 Å². The summed E-state index contributed by atoms with van der Waals surface area (Å²) in [7, 11) is 1.87. The van der Waals surface area contributed by atoms with Gasteiger partial charge in [0.2, 0.25) is 0 Å². The van der Waals surface area contributed by atoms with Crippen molar-refractivity contribution in [2.24, 2.45) is 7.05 Å². The normalized spacial score (nSPS) is 14.4. The van der Waals surface area contributed by atoms with Gasteiger partial charge in [-0.25, -0.2) is 4.98 Å². The molecule has 9 heteroatoms. The van der Waals surface area contributed by atoms with Gasteiger partial charge in [-0.2, -0.15) is 5.10 Å². The van der Waals surface area contributed by atoms with Crippen molar-refractivity contribution >= 4 is 45.9 Å². The molecule has 0 aliphatic heterocycles. The van der Waals surface area contributed by atoms with E-state index in [2.05, 4.69) is 26.6 Å². The quantitative estimate of drug-likeness (QED) is 0.611. The number of thiazole rings is 1. The number of amides is 1. The van der Waals surface area contributed by atoms with E-state index in [9.17, 15) is 4.79 Å². The molecule has 0 saturated heterocycles. The molecule has 2 N–H and O–H groups in total. The van der Waals surface area contributed by atoms with Gasteiger partial charge >= 0.3 is 0 Å². The number of fused-ring (bicyclic) bond motifs is 1. The summed E-state index contributed by atoms with van der Waals surface area (Å²) >= 11 is 8.20. The van der Waals surface area contributed by atoms with Gasteiger partial charge in [0.1, 0.15) is 5.82 Å². The molecule has 0 radical (unpaired) electrons. The third-order valence-electron chi connectivity index (χ3n) is 4.80. The van der Waals surface area contributed by atoms with E-state index in [0.717, 1.165) is 29.2 Å². The Morgan fingerprint density at radius 1 is 1.33 bits per heavy atom.